The topological polar surface area (TPSA) is 78.1 Å². The number of piperazine rings is 1. The zero-order valence-corrected chi connectivity index (χ0v) is 19.6. The zero-order chi connectivity index (χ0) is 20.2. The first kappa shape index (κ1) is 22.3. The summed E-state index contributed by atoms with van der Waals surface area (Å²) in [5, 5.41) is 12.4. The number of rotatable bonds is 4. The normalized spacial score (nSPS) is 14.7. The van der Waals surface area contributed by atoms with Gasteiger partial charge in [0.1, 0.15) is 0 Å². The van der Waals surface area contributed by atoms with E-state index < -0.39 is 0 Å². The van der Waals surface area contributed by atoms with Gasteiger partial charge in [-0.3, -0.25) is 14.2 Å². The minimum absolute atomic E-state index is 0. The van der Waals surface area contributed by atoms with E-state index in [1.165, 1.54) is 0 Å². The number of nitrogens with zero attached hydrogens (tertiary/aromatic N) is 6. The number of hydrogen-bond donors (Lipinski definition) is 1. The summed E-state index contributed by atoms with van der Waals surface area (Å²) in [6.45, 7) is 2.68. The maximum absolute atomic E-state index is 12.7. The van der Waals surface area contributed by atoms with Crippen molar-refractivity contribution in [3.05, 3.63) is 65.1 Å². The second-order valence-corrected chi connectivity index (χ2v) is 7.25. The van der Waals surface area contributed by atoms with Crippen LogP contribution >= 0.6 is 35.6 Å². The van der Waals surface area contributed by atoms with Gasteiger partial charge < -0.3 is 15.1 Å². The lowest BCUT2D eigenvalue weighted by atomic mass is 10.2. The van der Waals surface area contributed by atoms with Crippen LogP contribution in [0.25, 0.3) is 5.65 Å². The minimum atomic E-state index is 0. The fourth-order valence-corrected chi connectivity index (χ4v) is 3.49. The quantitative estimate of drug-likeness (QED) is 0.313. The molecule has 0 atom stereocenters. The number of carbonyl (C=O) groups excluding carboxylic acids is 1. The van der Waals surface area contributed by atoms with Crippen LogP contribution in [0.3, 0.4) is 0 Å². The standard InChI is InChI=1S/C20H22ClN7O.HI/c1-22-20(23-12-18-25-24-17-4-2-3-9-28(17)18)27-11-10-26(19(29)14-27)13-15-5-7-16(21)8-6-15;/h2-9H,10-14H2,1H3,(H,22,23);1H. The molecule has 0 spiro atoms. The molecular weight excluding hydrogens is 517 g/mol. The molecule has 3 heterocycles. The Bertz CT molecular complexity index is 1040. The number of aliphatic imine (C=N–C) groups is 1. The van der Waals surface area contributed by atoms with Crippen molar-refractivity contribution in [3.63, 3.8) is 0 Å². The van der Waals surface area contributed by atoms with Crippen LogP contribution in [0.15, 0.2) is 53.7 Å². The lowest BCUT2D eigenvalue weighted by Gasteiger charge is -2.36. The lowest BCUT2D eigenvalue weighted by Crippen LogP contribution is -2.54. The summed E-state index contributed by atoms with van der Waals surface area (Å²) < 4.78 is 1.93. The highest BCUT2D eigenvalue weighted by Crippen LogP contribution is 2.14. The minimum Gasteiger partial charge on any atom is -0.349 e. The molecule has 0 unspecified atom stereocenters. The van der Waals surface area contributed by atoms with Crippen molar-refractivity contribution in [2.45, 2.75) is 13.1 Å². The summed E-state index contributed by atoms with van der Waals surface area (Å²) in [7, 11) is 1.72. The number of carbonyl (C=O) groups is 1. The van der Waals surface area contributed by atoms with E-state index in [4.69, 9.17) is 11.6 Å². The molecular formula is C20H23ClIN7O. The lowest BCUT2D eigenvalue weighted by molar-refractivity contribution is -0.135. The molecule has 158 valence electrons. The maximum atomic E-state index is 12.7. The van der Waals surface area contributed by atoms with Gasteiger partial charge in [-0.05, 0) is 29.8 Å². The predicted octanol–water partition coefficient (Wildman–Crippen LogP) is 2.42. The number of aromatic nitrogens is 3. The molecule has 1 aromatic carbocycles. The predicted molar refractivity (Wildman–Crippen MR) is 127 cm³/mol. The van der Waals surface area contributed by atoms with Gasteiger partial charge in [0.15, 0.2) is 17.4 Å². The van der Waals surface area contributed by atoms with Gasteiger partial charge in [0, 0.05) is 37.9 Å². The van der Waals surface area contributed by atoms with Gasteiger partial charge in [0.25, 0.3) is 0 Å². The summed E-state index contributed by atoms with van der Waals surface area (Å²) in [6, 6.07) is 13.4. The van der Waals surface area contributed by atoms with Gasteiger partial charge >= 0.3 is 0 Å². The van der Waals surface area contributed by atoms with Gasteiger partial charge in [-0.2, -0.15) is 0 Å². The maximum Gasteiger partial charge on any atom is 0.242 e. The number of guanidine groups is 1. The number of nitrogens with one attached hydrogen (secondary N) is 1. The first-order valence-corrected chi connectivity index (χ1v) is 9.78. The van der Waals surface area contributed by atoms with Crippen molar-refractivity contribution < 1.29 is 4.79 Å². The Hall–Kier alpha value is -2.40. The Morgan fingerprint density at radius 3 is 2.70 bits per heavy atom. The van der Waals surface area contributed by atoms with E-state index in [2.05, 4.69) is 20.5 Å². The van der Waals surface area contributed by atoms with Crippen LogP contribution in [0.2, 0.25) is 5.02 Å². The van der Waals surface area contributed by atoms with Crippen molar-refractivity contribution in [1.29, 1.82) is 0 Å². The average Bonchev–Trinajstić information content (AvgIpc) is 3.15. The van der Waals surface area contributed by atoms with E-state index in [1.807, 2.05) is 62.9 Å². The van der Waals surface area contributed by atoms with Crippen LogP contribution in [0, 0.1) is 0 Å². The Kier molecular flexibility index (Phi) is 7.48. The van der Waals surface area contributed by atoms with Crippen molar-refractivity contribution in [2.75, 3.05) is 26.7 Å². The fraction of sp³-hybridized carbons (Fsp3) is 0.300. The second kappa shape index (κ2) is 10.1. The van der Waals surface area contributed by atoms with Crippen molar-refractivity contribution in [2.24, 2.45) is 4.99 Å². The summed E-state index contributed by atoms with van der Waals surface area (Å²) in [6.07, 6.45) is 1.92. The van der Waals surface area contributed by atoms with Crippen LogP contribution in [-0.2, 0) is 17.9 Å². The number of hydrogen-bond acceptors (Lipinski definition) is 4. The van der Waals surface area contributed by atoms with Crippen LogP contribution in [0.1, 0.15) is 11.4 Å². The van der Waals surface area contributed by atoms with E-state index in [9.17, 15) is 4.79 Å². The molecule has 1 aliphatic rings. The molecule has 3 aromatic rings. The highest BCUT2D eigenvalue weighted by atomic mass is 127. The number of benzene rings is 1. The Morgan fingerprint density at radius 2 is 1.97 bits per heavy atom. The number of halogens is 2. The fourth-order valence-electron chi connectivity index (χ4n) is 3.37. The SMILES string of the molecule is CN=C(NCc1nnc2ccccn12)N1CCN(Cc2ccc(Cl)cc2)C(=O)C1.I. The summed E-state index contributed by atoms with van der Waals surface area (Å²) in [5.41, 5.74) is 1.86. The third-order valence-electron chi connectivity index (χ3n) is 4.91. The van der Waals surface area contributed by atoms with Crippen LogP contribution in [0.5, 0.6) is 0 Å². The van der Waals surface area contributed by atoms with E-state index >= 15 is 0 Å². The zero-order valence-electron chi connectivity index (χ0n) is 16.5. The molecule has 1 aliphatic heterocycles. The van der Waals surface area contributed by atoms with E-state index in [0.29, 0.717) is 37.2 Å². The highest BCUT2D eigenvalue weighted by Gasteiger charge is 2.26. The van der Waals surface area contributed by atoms with Gasteiger partial charge in [0.05, 0.1) is 13.1 Å². The molecule has 0 aliphatic carbocycles. The molecule has 4 rings (SSSR count). The molecule has 0 radical (unpaired) electrons. The largest absolute Gasteiger partial charge is 0.349 e. The van der Waals surface area contributed by atoms with Crippen molar-refractivity contribution >= 4 is 53.1 Å². The number of fused-ring (bicyclic) bond motifs is 1. The van der Waals surface area contributed by atoms with E-state index in [0.717, 1.165) is 17.0 Å². The molecule has 2 aromatic heterocycles. The van der Waals surface area contributed by atoms with Gasteiger partial charge in [-0.25, -0.2) is 0 Å². The molecule has 1 N–H and O–H groups in total. The van der Waals surface area contributed by atoms with Crippen LogP contribution < -0.4 is 5.32 Å². The smallest absolute Gasteiger partial charge is 0.242 e. The van der Waals surface area contributed by atoms with E-state index in [-0.39, 0.29) is 36.4 Å². The molecule has 0 saturated carbocycles. The third kappa shape index (κ3) is 5.01. The molecule has 10 heteroatoms. The van der Waals surface area contributed by atoms with Gasteiger partial charge in [0.2, 0.25) is 5.91 Å². The van der Waals surface area contributed by atoms with Crippen molar-refractivity contribution in [3.8, 4) is 0 Å². The van der Waals surface area contributed by atoms with Crippen LogP contribution in [0.4, 0.5) is 0 Å². The Balaban J connectivity index is 0.00000256. The first-order valence-electron chi connectivity index (χ1n) is 9.40. The molecule has 0 bridgehead atoms. The number of amides is 1. The summed E-state index contributed by atoms with van der Waals surface area (Å²) >= 11 is 5.93. The second-order valence-electron chi connectivity index (χ2n) is 6.81. The molecule has 8 nitrogen and oxygen atoms in total. The molecule has 30 heavy (non-hydrogen) atoms. The number of pyridine rings is 1. The van der Waals surface area contributed by atoms with Gasteiger partial charge in [-0.15, -0.1) is 34.2 Å². The Morgan fingerprint density at radius 1 is 1.17 bits per heavy atom. The highest BCUT2D eigenvalue weighted by molar-refractivity contribution is 14.0. The third-order valence-corrected chi connectivity index (χ3v) is 5.16. The van der Waals surface area contributed by atoms with Crippen molar-refractivity contribution in [1.82, 2.24) is 29.7 Å². The van der Waals surface area contributed by atoms with E-state index in [1.54, 1.807) is 7.05 Å². The molecule has 1 amide bonds. The summed E-state index contributed by atoms with van der Waals surface area (Å²) in [4.78, 5) is 20.8. The van der Waals surface area contributed by atoms with Gasteiger partial charge in [-0.1, -0.05) is 29.8 Å². The van der Waals surface area contributed by atoms with Crippen LogP contribution in [-0.4, -0.2) is 62.9 Å². The molecule has 1 saturated heterocycles. The Labute approximate surface area is 197 Å². The average molecular weight is 540 g/mol. The monoisotopic (exact) mass is 539 g/mol. The molecule has 1 fully saturated rings. The summed E-state index contributed by atoms with van der Waals surface area (Å²) in [5.74, 6) is 1.54. The first-order chi connectivity index (χ1) is 14.1.